The van der Waals surface area contributed by atoms with Gasteiger partial charge in [0.1, 0.15) is 0 Å². The summed E-state index contributed by atoms with van der Waals surface area (Å²) in [7, 11) is 0. The van der Waals surface area contributed by atoms with Gasteiger partial charge < -0.3 is 4.90 Å². The molecule has 0 aliphatic carbocycles. The lowest BCUT2D eigenvalue weighted by molar-refractivity contribution is -0.129. The number of hydrogen-bond donors (Lipinski definition) is 0. The molecule has 1 aliphatic rings. The average molecular weight is 203 g/mol. The largest absolute Gasteiger partial charge is 0.335 e. The summed E-state index contributed by atoms with van der Waals surface area (Å²) in [5, 5.41) is 0. The van der Waals surface area contributed by atoms with E-state index < -0.39 is 0 Å². The predicted octanol–water partition coefficient (Wildman–Crippen LogP) is 2.44. The summed E-state index contributed by atoms with van der Waals surface area (Å²) in [6, 6.07) is 10.6. The lowest BCUT2D eigenvalue weighted by Gasteiger charge is -2.23. The van der Waals surface area contributed by atoms with Gasteiger partial charge in [-0.3, -0.25) is 4.79 Å². The maximum Gasteiger partial charge on any atom is 0.223 e. The van der Waals surface area contributed by atoms with Crippen LogP contribution < -0.4 is 0 Å². The molecule has 1 aromatic carbocycles. The molecule has 80 valence electrons. The van der Waals surface area contributed by atoms with Crippen LogP contribution in [0.15, 0.2) is 30.3 Å². The molecule has 0 spiro atoms. The smallest absolute Gasteiger partial charge is 0.223 e. The Bertz CT molecular complexity index is 347. The second-order valence-electron chi connectivity index (χ2n) is 4.43. The summed E-state index contributed by atoms with van der Waals surface area (Å²) >= 11 is 0. The number of hydrogen-bond acceptors (Lipinski definition) is 1. The van der Waals surface area contributed by atoms with E-state index in [0.29, 0.717) is 24.3 Å². The van der Waals surface area contributed by atoms with Gasteiger partial charge in [0.25, 0.3) is 0 Å². The SMILES string of the molecule is C[C@H]1CC(=O)N(Cc2ccccc2)[C@H]1C. The van der Waals surface area contributed by atoms with Crippen molar-refractivity contribution in [2.24, 2.45) is 5.92 Å². The number of rotatable bonds is 2. The van der Waals surface area contributed by atoms with Gasteiger partial charge >= 0.3 is 0 Å². The van der Waals surface area contributed by atoms with Crippen molar-refractivity contribution in [1.29, 1.82) is 0 Å². The molecule has 0 bridgehead atoms. The second-order valence-corrected chi connectivity index (χ2v) is 4.43. The molecule has 0 unspecified atom stereocenters. The second kappa shape index (κ2) is 4.05. The Hall–Kier alpha value is -1.31. The summed E-state index contributed by atoms with van der Waals surface area (Å²) in [5.74, 6) is 0.778. The first-order valence-electron chi connectivity index (χ1n) is 5.52. The molecule has 0 saturated carbocycles. The van der Waals surface area contributed by atoms with Gasteiger partial charge in [-0.25, -0.2) is 0 Å². The highest BCUT2D eigenvalue weighted by Gasteiger charge is 2.33. The van der Waals surface area contributed by atoms with Crippen LogP contribution in [0.4, 0.5) is 0 Å². The Labute approximate surface area is 90.9 Å². The zero-order valence-electron chi connectivity index (χ0n) is 9.31. The molecule has 0 radical (unpaired) electrons. The van der Waals surface area contributed by atoms with Crippen molar-refractivity contribution in [2.75, 3.05) is 0 Å². The zero-order valence-corrected chi connectivity index (χ0v) is 9.31. The fourth-order valence-electron chi connectivity index (χ4n) is 2.11. The number of amides is 1. The fourth-order valence-corrected chi connectivity index (χ4v) is 2.11. The van der Waals surface area contributed by atoms with Gasteiger partial charge in [0.15, 0.2) is 0 Å². The molecular formula is C13H17NO. The standard InChI is InChI=1S/C13H17NO/c1-10-8-13(15)14(11(10)2)9-12-6-4-3-5-7-12/h3-7,10-11H,8-9H2,1-2H3/t10-,11-/m0/s1. The van der Waals surface area contributed by atoms with E-state index in [2.05, 4.69) is 26.0 Å². The molecule has 1 fully saturated rings. The molecule has 2 heteroatoms. The number of carbonyl (C=O) groups is 1. The fraction of sp³-hybridized carbons (Fsp3) is 0.462. The van der Waals surface area contributed by atoms with E-state index in [1.165, 1.54) is 5.56 Å². The highest BCUT2D eigenvalue weighted by molar-refractivity contribution is 5.79. The van der Waals surface area contributed by atoms with Gasteiger partial charge in [-0.2, -0.15) is 0 Å². The molecule has 0 N–H and O–H groups in total. The van der Waals surface area contributed by atoms with Crippen LogP contribution in [-0.4, -0.2) is 16.8 Å². The van der Waals surface area contributed by atoms with Crippen LogP contribution in [0.5, 0.6) is 0 Å². The van der Waals surface area contributed by atoms with Crippen LogP contribution in [0.25, 0.3) is 0 Å². The average Bonchev–Trinajstić information content (AvgIpc) is 2.47. The lowest BCUT2D eigenvalue weighted by Crippen LogP contribution is -2.31. The lowest BCUT2D eigenvalue weighted by atomic mass is 10.0. The van der Waals surface area contributed by atoms with E-state index in [0.717, 1.165) is 6.54 Å². The number of nitrogens with zero attached hydrogens (tertiary/aromatic N) is 1. The van der Waals surface area contributed by atoms with E-state index in [4.69, 9.17) is 0 Å². The molecule has 2 atom stereocenters. The van der Waals surface area contributed by atoms with E-state index in [1.807, 2.05) is 23.1 Å². The summed E-state index contributed by atoms with van der Waals surface area (Å²) in [5.41, 5.74) is 1.21. The van der Waals surface area contributed by atoms with Crippen LogP contribution in [0.2, 0.25) is 0 Å². The normalized spacial score (nSPS) is 26.0. The molecule has 1 aliphatic heterocycles. The third-order valence-corrected chi connectivity index (χ3v) is 3.33. The summed E-state index contributed by atoms with van der Waals surface area (Å²) in [6.07, 6.45) is 0.702. The van der Waals surface area contributed by atoms with Crippen LogP contribution in [-0.2, 0) is 11.3 Å². The van der Waals surface area contributed by atoms with Gasteiger partial charge in [-0.05, 0) is 18.4 Å². The van der Waals surface area contributed by atoms with E-state index in [9.17, 15) is 4.79 Å². The number of carbonyl (C=O) groups excluding carboxylic acids is 1. The van der Waals surface area contributed by atoms with Gasteiger partial charge in [-0.15, -0.1) is 0 Å². The monoisotopic (exact) mass is 203 g/mol. The van der Waals surface area contributed by atoms with Crippen LogP contribution in [0.1, 0.15) is 25.8 Å². The third-order valence-electron chi connectivity index (χ3n) is 3.33. The summed E-state index contributed by atoms with van der Waals surface area (Å²) in [6.45, 7) is 5.04. The topological polar surface area (TPSA) is 20.3 Å². The Kier molecular flexibility index (Phi) is 2.76. The van der Waals surface area contributed by atoms with Gasteiger partial charge in [0, 0.05) is 19.0 Å². The highest BCUT2D eigenvalue weighted by Crippen LogP contribution is 2.26. The Morgan fingerprint density at radius 1 is 1.27 bits per heavy atom. The van der Waals surface area contributed by atoms with Crippen molar-refractivity contribution in [3.63, 3.8) is 0 Å². The van der Waals surface area contributed by atoms with Crippen LogP contribution >= 0.6 is 0 Å². The van der Waals surface area contributed by atoms with Crippen LogP contribution in [0.3, 0.4) is 0 Å². The minimum atomic E-state index is 0.291. The highest BCUT2D eigenvalue weighted by atomic mass is 16.2. The molecule has 1 heterocycles. The molecule has 15 heavy (non-hydrogen) atoms. The molecule has 2 nitrogen and oxygen atoms in total. The molecule has 1 amide bonds. The minimum absolute atomic E-state index is 0.291. The summed E-state index contributed by atoms with van der Waals surface area (Å²) in [4.78, 5) is 13.7. The first-order chi connectivity index (χ1) is 7.18. The van der Waals surface area contributed by atoms with Crippen molar-refractivity contribution in [2.45, 2.75) is 32.9 Å². The third kappa shape index (κ3) is 2.04. The van der Waals surface area contributed by atoms with Crippen molar-refractivity contribution in [3.05, 3.63) is 35.9 Å². The van der Waals surface area contributed by atoms with Crippen molar-refractivity contribution in [3.8, 4) is 0 Å². The maximum absolute atomic E-state index is 11.7. The van der Waals surface area contributed by atoms with Gasteiger partial charge in [0.2, 0.25) is 5.91 Å². The first-order valence-corrected chi connectivity index (χ1v) is 5.52. The van der Waals surface area contributed by atoms with E-state index >= 15 is 0 Å². The van der Waals surface area contributed by atoms with Crippen molar-refractivity contribution in [1.82, 2.24) is 4.90 Å². The molecule has 1 aromatic rings. The molecule has 2 rings (SSSR count). The predicted molar refractivity (Wildman–Crippen MR) is 60.2 cm³/mol. The molecule has 0 aromatic heterocycles. The van der Waals surface area contributed by atoms with Gasteiger partial charge in [-0.1, -0.05) is 37.3 Å². The van der Waals surface area contributed by atoms with Crippen molar-refractivity contribution >= 4 is 5.91 Å². The Balaban J connectivity index is 2.09. The molecule has 1 saturated heterocycles. The minimum Gasteiger partial charge on any atom is -0.335 e. The van der Waals surface area contributed by atoms with E-state index in [1.54, 1.807) is 0 Å². The zero-order chi connectivity index (χ0) is 10.8. The Morgan fingerprint density at radius 3 is 2.47 bits per heavy atom. The van der Waals surface area contributed by atoms with Crippen molar-refractivity contribution < 1.29 is 4.79 Å². The quantitative estimate of drug-likeness (QED) is 0.723. The maximum atomic E-state index is 11.7. The van der Waals surface area contributed by atoms with E-state index in [-0.39, 0.29) is 0 Å². The van der Waals surface area contributed by atoms with Crippen LogP contribution in [0, 0.1) is 5.92 Å². The molecular weight excluding hydrogens is 186 g/mol. The summed E-state index contributed by atoms with van der Waals surface area (Å²) < 4.78 is 0. The number of benzene rings is 1. The number of likely N-dealkylation sites (tertiary alicyclic amines) is 1. The Morgan fingerprint density at radius 2 is 1.93 bits per heavy atom. The van der Waals surface area contributed by atoms with Gasteiger partial charge in [0.05, 0.1) is 0 Å². The first kappa shape index (κ1) is 10.2.